The van der Waals surface area contributed by atoms with Crippen molar-refractivity contribution >= 4 is 17.7 Å². The van der Waals surface area contributed by atoms with Gasteiger partial charge in [0.25, 0.3) is 0 Å². The number of nitriles is 1. The smallest absolute Gasteiger partial charge is 0.233 e. The zero-order valence-electron chi connectivity index (χ0n) is 13.9. The third-order valence-corrected chi connectivity index (χ3v) is 4.44. The van der Waals surface area contributed by atoms with Gasteiger partial charge in [0.2, 0.25) is 11.1 Å². The molecule has 0 fully saturated rings. The number of carbonyl (C=O) groups is 1. The predicted molar refractivity (Wildman–Crippen MR) is 94.2 cm³/mol. The van der Waals surface area contributed by atoms with Crippen LogP contribution in [0.5, 0.6) is 0 Å². The number of carbonyl (C=O) groups excluding carboxylic acids is 1. The number of benzene rings is 1. The normalized spacial score (nSPS) is 10.4. The quantitative estimate of drug-likeness (QED) is 0.562. The Morgan fingerprint density at radius 3 is 2.85 bits per heavy atom. The van der Waals surface area contributed by atoms with Gasteiger partial charge in [-0.15, -0.1) is 5.10 Å². The number of amides is 1. The van der Waals surface area contributed by atoms with E-state index >= 15 is 0 Å². The topological polar surface area (TPSA) is 101 Å². The molecule has 0 aliphatic heterocycles. The van der Waals surface area contributed by atoms with Gasteiger partial charge in [0.05, 0.1) is 36.7 Å². The van der Waals surface area contributed by atoms with E-state index in [4.69, 9.17) is 9.68 Å². The molecule has 0 atom stereocenters. The zero-order chi connectivity index (χ0) is 18.2. The highest BCUT2D eigenvalue weighted by Gasteiger charge is 2.17. The van der Waals surface area contributed by atoms with E-state index in [0.29, 0.717) is 24.0 Å². The van der Waals surface area contributed by atoms with Gasteiger partial charge in [0, 0.05) is 6.54 Å². The van der Waals surface area contributed by atoms with E-state index < -0.39 is 0 Å². The van der Waals surface area contributed by atoms with Crippen molar-refractivity contribution < 1.29 is 9.21 Å². The van der Waals surface area contributed by atoms with E-state index in [2.05, 4.69) is 21.6 Å². The number of furan rings is 1. The number of tetrazole rings is 1. The molecule has 1 amide bonds. The highest BCUT2D eigenvalue weighted by molar-refractivity contribution is 7.99. The summed E-state index contributed by atoms with van der Waals surface area (Å²) in [5.41, 5.74) is 0.823. The number of para-hydroxylation sites is 1. The second kappa shape index (κ2) is 8.82. The number of hydrogen-bond donors (Lipinski definition) is 0. The molecule has 0 aliphatic rings. The molecule has 3 aromatic rings. The molecule has 0 bridgehead atoms. The lowest BCUT2D eigenvalue weighted by molar-refractivity contribution is -0.129. The van der Waals surface area contributed by atoms with Crippen LogP contribution in [-0.4, -0.2) is 43.3 Å². The Morgan fingerprint density at radius 2 is 2.12 bits per heavy atom. The molecule has 2 heterocycles. The third kappa shape index (κ3) is 4.49. The highest BCUT2D eigenvalue weighted by Crippen LogP contribution is 2.19. The fourth-order valence-electron chi connectivity index (χ4n) is 2.29. The largest absolute Gasteiger partial charge is 0.467 e. The first-order valence-corrected chi connectivity index (χ1v) is 8.90. The summed E-state index contributed by atoms with van der Waals surface area (Å²) in [5, 5.41) is 21.0. The van der Waals surface area contributed by atoms with Crippen LogP contribution in [0, 0.1) is 11.3 Å². The van der Waals surface area contributed by atoms with Gasteiger partial charge in [0.15, 0.2) is 0 Å². The van der Waals surface area contributed by atoms with Gasteiger partial charge in [-0.2, -0.15) is 9.94 Å². The van der Waals surface area contributed by atoms with Crippen molar-refractivity contribution in [2.24, 2.45) is 0 Å². The zero-order valence-corrected chi connectivity index (χ0v) is 14.7. The van der Waals surface area contributed by atoms with Gasteiger partial charge in [-0.3, -0.25) is 4.79 Å². The third-order valence-electron chi connectivity index (χ3n) is 3.54. The first-order chi connectivity index (χ1) is 12.8. The Balaban J connectivity index is 1.65. The van der Waals surface area contributed by atoms with Crippen molar-refractivity contribution in [1.29, 1.82) is 5.26 Å². The molecule has 8 nitrogen and oxygen atoms in total. The Labute approximate surface area is 154 Å². The minimum Gasteiger partial charge on any atom is -0.467 e. The SMILES string of the molecule is N#CCCN(Cc1ccco1)C(=O)CSc1nnnn1-c1ccccc1. The lowest BCUT2D eigenvalue weighted by atomic mass is 10.3. The van der Waals surface area contributed by atoms with Crippen molar-refractivity contribution in [2.75, 3.05) is 12.3 Å². The van der Waals surface area contributed by atoms with Crippen molar-refractivity contribution in [2.45, 2.75) is 18.1 Å². The van der Waals surface area contributed by atoms with Gasteiger partial charge in [-0.1, -0.05) is 30.0 Å². The van der Waals surface area contributed by atoms with Crippen molar-refractivity contribution in [3.8, 4) is 11.8 Å². The first kappa shape index (κ1) is 17.7. The summed E-state index contributed by atoms with van der Waals surface area (Å²) in [6, 6.07) is 15.1. The molecule has 9 heteroatoms. The van der Waals surface area contributed by atoms with Crippen LogP contribution in [0.1, 0.15) is 12.2 Å². The summed E-state index contributed by atoms with van der Waals surface area (Å²) in [5.74, 6) is 0.735. The molecule has 2 aromatic heterocycles. The van der Waals surface area contributed by atoms with Crippen LogP contribution in [0.15, 0.2) is 58.3 Å². The summed E-state index contributed by atoms with van der Waals surface area (Å²) >= 11 is 1.25. The predicted octanol–water partition coefficient (Wildman–Crippen LogP) is 2.29. The van der Waals surface area contributed by atoms with Crippen molar-refractivity contribution in [1.82, 2.24) is 25.1 Å². The molecular weight excluding hydrogens is 352 g/mol. The van der Waals surface area contributed by atoms with E-state index in [-0.39, 0.29) is 18.1 Å². The molecule has 26 heavy (non-hydrogen) atoms. The van der Waals surface area contributed by atoms with Crippen molar-refractivity contribution in [3.63, 3.8) is 0 Å². The van der Waals surface area contributed by atoms with Gasteiger partial charge in [-0.05, 0) is 34.7 Å². The van der Waals surface area contributed by atoms with E-state index in [0.717, 1.165) is 5.69 Å². The van der Waals surface area contributed by atoms with Crippen LogP contribution >= 0.6 is 11.8 Å². The Bertz CT molecular complexity index is 872. The Kier molecular flexibility index (Phi) is 6.01. The van der Waals surface area contributed by atoms with Gasteiger partial charge in [-0.25, -0.2) is 0 Å². The summed E-state index contributed by atoms with van der Waals surface area (Å²) < 4.78 is 6.89. The lowest BCUT2D eigenvalue weighted by Crippen LogP contribution is -2.32. The van der Waals surface area contributed by atoms with Gasteiger partial charge in [0.1, 0.15) is 5.76 Å². The average Bonchev–Trinajstić information content (AvgIpc) is 3.35. The summed E-state index contributed by atoms with van der Waals surface area (Å²) in [4.78, 5) is 14.2. The molecule has 0 N–H and O–H groups in total. The number of aromatic nitrogens is 4. The Hall–Kier alpha value is -3.12. The van der Waals surface area contributed by atoms with E-state index in [1.165, 1.54) is 11.8 Å². The molecule has 3 rings (SSSR count). The fourth-order valence-corrected chi connectivity index (χ4v) is 3.08. The van der Waals surface area contributed by atoms with Crippen LogP contribution in [0.2, 0.25) is 0 Å². The highest BCUT2D eigenvalue weighted by atomic mass is 32.2. The van der Waals surface area contributed by atoms with E-state index in [9.17, 15) is 4.79 Å². The molecule has 0 unspecified atom stereocenters. The monoisotopic (exact) mass is 368 g/mol. The Morgan fingerprint density at radius 1 is 1.27 bits per heavy atom. The molecule has 132 valence electrons. The van der Waals surface area contributed by atoms with Crippen molar-refractivity contribution in [3.05, 3.63) is 54.5 Å². The summed E-state index contributed by atoms with van der Waals surface area (Å²) in [6.45, 7) is 0.678. The van der Waals surface area contributed by atoms with Crippen LogP contribution in [0.4, 0.5) is 0 Å². The fraction of sp³-hybridized carbons (Fsp3) is 0.235. The maximum absolute atomic E-state index is 12.6. The first-order valence-electron chi connectivity index (χ1n) is 7.91. The summed E-state index contributed by atoms with van der Waals surface area (Å²) in [7, 11) is 0. The molecule has 0 saturated carbocycles. The molecule has 0 aliphatic carbocycles. The average molecular weight is 368 g/mol. The number of thioether (sulfide) groups is 1. The van der Waals surface area contributed by atoms with Gasteiger partial charge >= 0.3 is 0 Å². The molecular formula is C17H16N6O2S. The van der Waals surface area contributed by atoms with Crippen LogP contribution in [0.3, 0.4) is 0 Å². The second-order valence-electron chi connectivity index (χ2n) is 5.30. The summed E-state index contributed by atoms with van der Waals surface area (Å²) in [6.07, 6.45) is 1.82. The van der Waals surface area contributed by atoms with Crippen LogP contribution in [0.25, 0.3) is 5.69 Å². The van der Waals surface area contributed by atoms with Gasteiger partial charge < -0.3 is 9.32 Å². The van der Waals surface area contributed by atoms with E-state index in [1.807, 2.05) is 30.3 Å². The molecule has 0 radical (unpaired) electrons. The van der Waals surface area contributed by atoms with Crippen LogP contribution in [-0.2, 0) is 11.3 Å². The second-order valence-corrected chi connectivity index (χ2v) is 6.24. The minimum atomic E-state index is -0.107. The number of hydrogen-bond acceptors (Lipinski definition) is 7. The standard InChI is InChI=1S/C17H16N6O2S/c18-9-5-10-22(12-15-8-4-11-25-15)16(24)13-26-17-19-20-21-23(17)14-6-2-1-3-7-14/h1-4,6-8,11H,5,10,12-13H2. The maximum Gasteiger partial charge on any atom is 0.233 e. The molecule has 1 aromatic carbocycles. The molecule has 0 saturated heterocycles. The lowest BCUT2D eigenvalue weighted by Gasteiger charge is -2.20. The van der Waals surface area contributed by atoms with Crippen LogP contribution < -0.4 is 0 Å². The van der Waals surface area contributed by atoms with E-state index in [1.54, 1.807) is 28.0 Å². The number of nitrogens with zero attached hydrogens (tertiary/aromatic N) is 6. The molecule has 0 spiro atoms. The maximum atomic E-state index is 12.6. The number of rotatable bonds is 8. The minimum absolute atomic E-state index is 0.107.